The molecule has 0 radical (unpaired) electrons. The van der Waals surface area contributed by atoms with Crippen LogP contribution in [0, 0.1) is 11.8 Å². The summed E-state index contributed by atoms with van der Waals surface area (Å²) < 4.78 is 30.7. The zero-order valence-corrected chi connectivity index (χ0v) is 29.3. The van der Waals surface area contributed by atoms with E-state index in [0.29, 0.717) is 11.3 Å². The summed E-state index contributed by atoms with van der Waals surface area (Å²) >= 11 is 0. The number of carbonyl (C=O) groups excluding carboxylic acids is 3. The van der Waals surface area contributed by atoms with Gasteiger partial charge in [0.05, 0.1) is 49.6 Å². The number of hydrogen-bond donors (Lipinski definition) is 7. The Morgan fingerprint density at radius 2 is 1.66 bits per heavy atom. The summed E-state index contributed by atoms with van der Waals surface area (Å²) in [6.45, 7) is 4.96. The van der Waals surface area contributed by atoms with E-state index in [0.717, 1.165) is 0 Å². The number of phenolic OH excluding ortho intramolecular Hbond substituents is 1. The highest BCUT2D eigenvalue weighted by Gasteiger charge is 2.67. The molecule has 3 aliphatic rings. The number of phenols is 1. The Bertz CT molecular complexity index is 1830. The fourth-order valence-corrected chi connectivity index (χ4v) is 9.49. The number of anilines is 1. The smallest absolute Gasteiger partial charge is 0.357 e. The van der Waals surface area contributed by atoms with Gasteiger partial charge in [0, 0.05) is 11.5 Å². The second-order valence-electron chi connectivity index (χ2n) is 12.7. The maximum atomic E-state index is 14.4. The van der Waals surface area contributed by atoms with Crippen molar-refractivity contribution in [3.8, 4) is 11.5 Å². The highest BCUT2D eigenvalue weighted by atomic mass is 31.2. The Labute approximate surface area is 288 Å². The number of ketones is 2. The second kappa shape index (κ2) is 13.5. The van der Waals surface area contributed by atoms with Crippen molar-refractivity contribution in [3.05, 3.63) is 75.8 Å². The van der Waals surface area contributed by atoms with E-state index in [-0.39, 0.29) is 30.0 Å². The number of amides is 1. The first-order chi connectivity index (χ1) is 23.5. The van der Waals surface area contributed by atoms with Crippen molar-refractivity contribution in [1.29, 1.82) is 0 Å². The highest BCUT2D eigenvalue weighted by molar-refractivity contribution is 7.54. The summed E-state index contributed by atoms with van der Waals surface area (Å²) in [7, 11) is 0.425. The zero-order valence-electron chi connectivity index (χ0n) is 28.4. The van der Waals surface area contributed by atoms with E-state index >= 15 is 0 Å². The number of primary amides is 1. The number of rotatable bonds is 11. The molecular formula is C34H42N3O12P. The molecule has 0 aromatic heterocycles. The van der Waals surface area contributed by atoms with E-state index in [2.05, 4.69) is 5.32 Å². The average Bonchev–Trinajstić information content (AvgIpc) is 3.06. The minimum Gasteiger partial charge on any atom is -0.510 e. The summed E-state index contributed by atoms with van der Waals surface area (Å²) in [4.78, 5) is 41.7. The number of aliphatic hydroxyl groups is 4. The van der Waals surface area contributed by atoms with Crippen molar-refractivity contribution in [2.75, 3.05) is 39.7 Å². The topological polar surface area (TPSA) is 238 Å². The predicted molar refractivity (Wildman–Crippen MR) is 180 cm³/mol. The van der Waals surface area contributed by atoms with E-state index in [9.17, 15) is 44.5 Å². The molecule has 3 aliphatic carbocycles. The van der Waals surface area contributed by atoms with Gasteiger partial charge in [0.15, 0.2) is 17.2 Å². The van der Waals surface area contributed by atoms with Crippen LogP contribution in [0.15, 0.2) is 59.1 Å². The molecule has 0 heterocycles. The third kappa shape index (κ3) is 5.49. The molecule has 2 aromatic carbocycles. The van der Waals surface area contributed by atoms with Gasteiger partial charge in [0.25, 0.3) is 5.91 Å². The largest absolute Gasteiger partial charge is 0.510 e. The summed E-state index contributed by atoms with van der Waals surface area (Å²) in [5.74, 6) is -10.7. The molecule has 270 valence electrons. The molecule has 0 aliphatic heterocycles. The standard InChI is InChI=1S/C34H42N3O12P/c1-7-48-50(46,49-8-2)33(16-9-11-17(47-6)12-10-16)36-19-14-13-18-15(3)20-22(27(39)21(18)26(19)38)30(42)34(45)24(28(20)40)25(37(4)5)29(41)23(31(34)43)32(35)44/h9-15,20,24-25,28,33,36,38,40-42,45H,7-8H2,1-6H3,(H2,35,44)/t15-,20-,24-,25-,28+,33?,34+/m0/s1. The van der Waals surface area contributed by atoms with E-state index in [4.69, 9.17) is 19.5 Å². The van der Waals surface area contributed by atoms with E-state index in [1.54, 1.807) is 45.0 Å². The number of nitrogens with one attached hydrogen (secondary N) is 1. The Morgan fingerprint density at radius 3 is 2.18 bits per heavy atom. The Balaban J connectivity index is 1.68. The van der Waals surface area contributed by atoms with Crippen LogP contribution in [0.25, 0.3) is 0 Å². The summed E-state index contributed by atoms with van der Waals surface area (Å²) in [5, 5.41) is 61.2. The number of aromatic hydroxyl groups is 1. The van der Waals surface area contributed by atoms with Crippen LogP contribution < -0.4 is 15.8 Å². The number of carbonyl (C=O) groups is 3. The molecular weight excluding hydrogens is 673 g/mol. The third-order valence-electron chi connectivity index (χ3n) is 9.79. The van der Waals surface area contributed by atoms with Gasteiger partial charge in [0.2, 0.25) is 5.78 Å². The molecule has 2 aromatic rings. The molecule has 15 nitrogen and oxygen atoms in total. The Hall–Kier alpha value is -4.24. The first-order valence-electron chi connectivity index (χ1n) is 16.0. The number of methoxy groups -OCH3 is 1. The lowest BCUT2D eigenvalue weighted by atomic mass is 9.55. The third-order valence-corrected chi connectivity index (χ3v) is 12.1. The molecule has 0 bridgehead atoms. The quantitative estimate of drug-likeness (QED) is 0.101. The van der Waals surface area contributed by atoms with Crippen LogP contribution in [0.1, 0.15) is 54.0 Å². The minimum atomic E-state index is -3.99. The van der Waals surface area contributed by atoms with E-state index < -0.39 is 94.8 Å². The van der Waals surface area contributed by atoms with Crippen LogP contribution in [0.2, 0.25) is 0 Å². The van der Waals surface area contributed by atoms with Crippen LogP contribution in [-0.2, 0) is 23.2 Å². The summed E-state index contributed by atoms with van der Waals surface area (Å²) in [5.41, 5.74) is 1.14. The van der Waals surface area contributed by atoms with Crippen LogP contribution >= 0.6 is 7.60 Å². The fraction of sp³-hybridized carbons (Fsp3) is 0.441. The summed E-state index contributed by atoms with van der Waals surface area (Å²) in [6.07, 6.45) is -1.73. The van der Waals surface area contributed by atoms with E-state index in [1.165, 1.54) is 38.2 Å². The first-order valence-corrected chi connectivity index (χ1v) is 17.6. The maximum absolute atomic E-state index is 14.4. The Kier molecular flexibility index (Phi) is 9.98. The van der Waals surface area contributed by atoms with E-state index in [1.807, 2.05) is 0 Å². The number of nitrogens with zero attached hydrogens (tertiary/aromatic N) is 1. The second-order valence-corrected chi connectivity index (χ2v) is 14.8. The number of Topliss-reactive ketones (excluding diaryl/α,β-unsaturated/α-hetero) is 2. The highest BCUT2D eigenvalue weighted by Crippen LogP contribution is 2.62. The monoisotopic (exact) mass is 715 g/mol. The van der Waals surface area contributed by atoms with Gasteiger partial charge in [-0.25, -0.2) is 0 Å². The molecule has 8 N–H and O–H groups in total. The molecule has 0 saturated carbocycles. The molecule has 0 spiro atoms. The fourth-order valence-electron chi connectivity index (χ4n) is 7.56. The van der Waals surface area contributed by atoms with Gasteiger partial charge in [-0.1, -0.05) is 25.1 Å². The predicted octanol–water partition coefficient (Wildman–Crippen LogP) is 3.04. The first kappa shape index (κ1) is 37.0. The van der Waals surface area contributed by atoms with Crippen molar-refractivity contribution in [3.63, 3.8) is 0 Å². The molecule has 1 amide bonds. The molecule has 0 saturated heterocycles. The van der Waals surface area contributed by atoms with Gasteiger partial charge >= 0.3 is 7.60 Å². The van der Waals surface area contributed by atoms with Crippen molar-refractivity contribution in [1.82, 2.24) is 4.90 Å². The SMILES string of the molecule is CCOP(=O)(OCC)C(Nc1ccc2c(c1O)C(=O)C1=C(O)[C@@]3(O)C(=O)C(C(N)=O)=C(O)[C@@H](N(C)C)[C@H]3[C@H](O)[C@H]1[C@H]2C)c1ccc(OC)cc1. The molecule has 16 heteroatoms. The number of aliphatic hydroxyl groups excluding tert-OH is 3. The van der Waals surface area contributed by atoms with Crippen LogP contribution in [-0.4, -0.2) is 100 Å². The van der Waals surface area contributed by atoms with Crippen LogP contribution in [0.3, 0.4) is 0 Å². The van der Waals surface area contributed by atoms with Gasteiger partial charge < -0.3 is 50.4 Å². The van der Waals surface area contributed by atoms with Gasteiger partial charge in [-0.3, -0.25) is 23.8 Å². The summed E-state index contributed by atoms with van der Waals surface area (Å²) in [6, 6.07) is 8.15. The molecule has 5 rings (SSSR count). The number of nitrogens with two attached hydrogens (primary N) is 1. The van der Waals surface area contributed by atoms with Crippen LogP contribution in [0.5, 0.6) is 11.5 Å². The maximum Gasteiger partial charge on any atom is 0.357 e. The zero-order chi connectivity index (χ0) is 37.0. The lowest BCUT2D eigenvalue weighted by molar-refractivity contribution is -0.162. The molecule has 0 fully saturated rings. The number of ether oxygens (including phenoxy) is 1. The van der Waals surface area contributed by atoms with Gasteiger partial charge in [-0.2, -0.15) is 0 Å². The van der Waals surface area contributed by atoms with Gasteiger partial charge in [-0.15, -0.1) is 0 Å². The molecule has 7 atom stereocenters. The lowest BCUT2D eigenvalue weighted by Gasteiger charge is -2.53. The molecule has 50 heavy (non-hydrogen) atoms. The van der Waals surface area contributed by atoms with Crippen LogP contribution in [0.4, 0.5) is 5.69 Å². The van der Waals surface area contributed by atoms with Crippen molar-refractivity contribution in [2.24, 2.45) is 17.6 Å². The minimum absolute atomic E-state index is 0.0245. The normalized spacial score (nSPS) is 27.1. The lowest BCUT2D eigenvalue weighted by Crippen LogP contribution is -2.68. The molecule has 1 unspecified atom stereocenters. The Morgan fingerprint density at radius 1 is 1.06 bits per heavy atom. The van der Waals surface area contributed by atoms with Gasteiger partial charge in [-0.05, 0) is 63.2 Å². The number of fused-ring (bicyclic) bond motifs is 3. The number of likely N-dealkylation sites (N-methyl/N-ethyl adjacent to an activating group) is 1. The van der Waals surface area contributed by atoms with Crippen molar-refractivity contribution in [2.45, 2.75) is 50.2 Å². The van der Waals surface area contributed by atoms with Crippen molar-refractivity contribution >= 4 is 30.8 Å². The number of hydrogen-bond acceptors (Lipinski definition) is 14. The number of benzene rings is 2. The average molecular weight is 716 g/mol. The van der Waals surface area contributed by atoms with Crippen molar-refractivity contribution < 1.29 is 58.3 Å². The van der Waals surface area contributed by atoms with Gasteiger partial charge in [0.1, 0.15) is 28.6 Å².